The predicted molar refractivity (Wildman–Crippen MR) is 122 cm³/mol. The summed E-state index contributed by atoms with van der Waals surface area (Å²) in [5.74, 6) is 0.0621. The lowest BCUT2D eigenvalue weighted by Gasteiger charge is -2.31. The molecule has 0 aliphatic carbocycles. The van der Waals surface area contributed by atoms with E-state index in [1.54, 1.807) is 22.7 Å². The summed E-state index contributed by atoms with van der Waals surface area (Å²) in [7, 11) is 0. The fourth-order valence-corrected chi connectivity index (χ4v) is 5.48. The van der Waals surface area contributed by atoms with Gasteiger partial charge < -0.3 is 10.2 Å². The Kier molecular flexibility index (Phi) is 6.29. The van der Waals surface area contributed by atoms with Crippen LogP contribution in [0.15, 0.2) is 41.1 Å². The van der Waals surface area contributed by atoms with E-state index in [1.807, 2.05) is 47.7 Å². The Hall–Kier alpha value is -2.51. The van der Waals surface area contributed by atoms with Gasteiger partial charge in [-0.3, -0.25) is 9.59 Å². The molecule has 1 saturated heterocycles. The van der Waals surface area contributed by atoms with Gasteiger partial charge in [-0.05, 0) is 50.3 Å². The second-order valence-corrected chi connectivity index (χ2v) is 9.59. The van der Waals surface area contributed by atoms with Gasteiger partial charge in [0.1, 0.15) is 5.01 Å². The van der Waals surface area contributed by atoms with Crippen LogP contribution < -0.4 is 5.32 Å². The van der Waals surface area contributed by atoms with E-state index in [2.05, 4.69) is 22.4 Å². The Labute approximate surface area is 184 Å². The molecule has 2 amide bonds. The van der Waals surface area contributed by atoms with Crippen molar-refractivity contribution in [2.24, 2.45) is 5.92 Å². The quantitative estimate of drug-likeness (QED) is 0.629. The first-order valence-corrected chi connectivity index (χ1v) is 11.9. The Morgan fingerprint density at radius 2 is 1.87 bits per heavy atom. The molecule has 1 aliphatic heterocycles. The zero-order valence-electron chi connectivity index (χ0n) is 17.2. The number of thiophene rings is 1. The van der Waals surface area contributed by atoms with Crippen LogP contribution in [0.1, 0.15) is 40.0 Å². The zero-order chi connectivity index (χ0) is 21.1. The molecule has 0 saturated carbocycles. The average molecular weight is 440 g/mol. The van der Waals surface area contributed by atoms with E-state index in [4.69, 9.17) is 0 Å². The highest BCUT2D eigenvalue weighted by Gasteiger charge is 2.28. The summed E-state index contributed by atoms with van der Waals surface area (Å²) in [5.41, 5.74) is 3.81. The second-order valence-electron chi connectivity index (χ2n) is 7.78. The number of piperidine rings is 1. The van der Waals surface area contributed by atoms with Crippen LogP contribution in [0.4, 0.5) is 0 Å². The molecule has 1 N–H and O–H groups in total. The largest absolute Gasteiger partial charge is 0.350 e. The summed E-state index contributed by atoms with van der Waals surface area (Å²) in [5, 5.41) is 8.05. The van der Waals surface area contributed by atoms with Crippen LogP contribution in [0, 0.1) is 19.8 Å². The molecule has 2 aromatic heterocycles. The predicted octanol–water partition coefficient (Wildman–Crippen LogP) is 4.66. The van der Waals surface area contributed by atoms with Crippen LogP contribution in [0.3, 0.4) is 0 Å². The first kappa shape index (κ1) is 20.8. The van der Waals surface area contributed by atoms with Crippen molar-refractivity contribution in [3.05, 3.63) is 63.5 Å². The van der Waals surface area contributed by atoms with Crippen LogP contribution in [0.25, 0.3) is 9.88 Å². The van der Waals surface area contributed by atoms with E-state index < -0.39 is 0 Å². The van der Waals surface area contributed by atoms with Gasteiger partial charge in [0.25, 0.3) is 5.91 Å². The van der Waals surface area contributed by atoms with Crippen molar-refractivity contribution in [3.8, 4) is 9.88 Å². The van der Waals surface area contributed by atoms with Gasteiger partial charge in [-0.15, -0.1) is 22.7 Å². The number of nitrogens with zero attached hydrogens (tertiary/aromatic N) is 2. The van der Waals surface area contributed by atoms with Crippen molar-refractivity contribution in [2.45, 2.75) is 33.2 Å². The minimum Gasteiger partial charge on any atom is -0.350 e. The van der Waals surface area contributed by atoms with Crippen LogP contribution in [-0.2, 0) is 11.3 Å². The molecule has 3 aromatic rings. The maximum atomic E-state index is 12.8. The molecular formula is C23H25N3O2S2. The number of carbonyl (C=O) groups is 2. The highest BCUT2D eigenvalue weighted by atomic mass is 32.1. The van der Waals surface area contributed by atoms with Gasteiger partial charge in [0.15, 0.2) is 0 Å². The third kappa shape index (κ3) is 4.79. The molecule has 7 heteroatoms. The number of benzene rings is 1. The summed E-state index contributed by atoms with van der Waals surface area (Å²) >= 11 is 3.27. The first-order chi connectivity index (χ1) is 14.5. The van der Waals surface area contributed by atoms with Crippen molar-refractivity contribution in [1.82, 2.24) is 15.2 Å². The Morgan fingerprint density at radius 1 is 1.13 bits per heavy atom. The Balaban J connectivity index is 1.27. The minimum atomic E-state index is -0.0521. The van der Waals surface area contributed by atoms with Crippen molar-refractivity contribution >= 4 is 34.5 Å². The van der Waals surface area contributed by atoms with Crippen molar-refractivity contribution in [2.75, 3.05) is 13.1 Å². The number of nitrogens with one attached hydrogen (secondary N) is 1. The molecule has 0 spiro atoms. The maximum absolute atomic E-state index is 12.8. The number of amides is 2. The van der Waals surface area contributed by atoms with E-state index >= 15 is 0 Å². The molecule has 156 valence electrons. The van der Waals surface area contributed by atoms with Gasteiger partial charge in [-0.1, -0.05) is 23.3 Å². The van der Waals surface area contributed by atoms with Gasteiger partial charge in [-0.2, -0.15) is 0 Å². The SMILES string of the molecule is Cc1cc(C)cc(C(=O)N2CCC(C(=O)NCc3csc(-c4cccs4)n3)CC2)c1. The fourth-order valence-electron chi connectivity index (χ4n) is 3.85. The monoisotopic (exact) mass is 439 g/mol. The third-order valence-corrected chi connectivity index (χ3v) is 7.28. The average Bonchev–Trinajstić information content (AvgIpc) is 3.42. The molecule has 0 bridgehead atoms. The van der Waals surface area contributed by atoms with E-state index in [1.165, 1.54) is 0 Å². The number of thiazole rings is 1. The number of carbonyl (C=O) groups excluding carboxylic acids is 2. The van der Waals surface area contributed by atoms with Gasteiger partial charge in [0.05, 0.1) is 17.1 Å². The molecule has 30 heavy (non-hydrogen) atoms. The molecule has 1 aliphatic rings. The standard InChI is InChI=1S/C23H25N3O2S2/c1-15-10-16(2)12-18(11-15)23(28)26-7-5-17(6-8-26)21(27)24-13-19-14-30-22(25-19)20-4-3-9-29-20/h3-4,9-12,14,17H,5-8,13H2,1-2H3,(H,24,27). The van der Waals surface area contributed by atoms with Crippen molar-refractivity contribution in [3.63, 3.8) is 0 Å². The highest BCUT2D eigenvalue weighted by molar-refractivity contribution is 7.20. The summed E-state index contributed by atoms with van der Waals surface area (Å²) < 4.78 is 0. The molecule has 1 aromatic carbocycles. The fraction of sp³-hybridized carbons (Fsp3) is 0.348. The number of likely N-dealkylation sites (tertiary alicyclic amines) is 1. The molecule has 0 radical (unpaired) electrons. The molecule has 4 rings (SSSR count). The highest BCUT2D eigenvalue weighted by Crippen LogP contribution is 2.28. The van der Waals surface area contributed by atoms with Crippen molar-refractivity contribution in [1.29, 1.82) is 0 Å². The smallest absolute Gasteiger partial charge is 0.253 e. The lowest BCUT2D eigenvalue weighted by molar-refractivity contribution is -0.126. The van der Waals surface area contributed by atoms with Gasteiger partial charge in [0, 0.05) is 30.0 Å². The van der Waals surface area contributed by atoms with E-state index in [-0.39, 0.29) is 17.7 Å². The van der Waals surface area contributed by atoms with Crippen LogP contribution in [0.5, 0.6) is 0 Å². The number of aromatic nitrogens is 1. The third-order valence-electron chi connectivity index (χ3n) is 5.35. The summed E-state index contributed by atoms with van der Waals surface area (Å²) in [6.07, 6.45) is 1.39. The molecule has 1 fully saturated rings. The van der Waals surface area contributed by atoms with Crippen LogP contribution in [-0.4, -0.2) is 34.8 Å². The lowest BCUT2D eigenvalue weighted by Crippen LogP contribution is -2.43. The first-order valence-electron chi connectivity index (χ1n) is 10.1. The van der Waals surface area contributed by atoms with Crippen LogP contribution in [0.2, 0.25) is 0 Å². The van der Waals surface area contributed by atoms with E-state index in [9.17, 15) is 9.59 Å². The number of rotatable bonds is 5. The normalized spacial score (nSPS) is 14.7. The van der Waals surface area contributed by atoms with Crippen LogP contribution >= 0.6 is 22.7 Å². The van der Waals surface area contributed by atoms with Gasteiger partial charge >= 0.3 is 0 Å². The summed E-state index contributed by atoms with van der Waals surface area (Å²) in [4.78, 5) is 33.0. The Morgan fingerprint density at radius 3 is 2.53 bits per heavy atom. The number of aryl methyl sites for hydroxylation is 2. The van der Waals surface area contributed by atoms with Gasteiger partial charge in [-0.25, -0.2) is 4.98 Å². The van der Waals surface area contributed by atoms with Crippen molar-refractivity contribution < 1.29 is 9.59 Å². The van der Waals surface area contributed by atoms with E-state index in [0.717, 1.165) is 32.3 Å². The minimum absolute atomic E-state index is 0.0521. The number of hydrogen-bond acceptors (Lipinski definition) is 5. The van der Waals surface area contributed by atoms with Gasteiger partial charge in [0.2, 0.25) is 5.91 Å². The Bertz CT molecular complexity index is 1010. The molecule has 5 nitrogen and oxygen atoms in total. The lowest BCUT2D eigenvalue weighted by atomic mass is 9.95. The molecular weight excluding hydrogens is 414 g/mol. The molecule has 0 unspecified atom stereocenters. The zero-order valence-corrected chi connectivity index (χ0v) is 18.8. The van der Waals surface area contributed by atoms with E-state index in [0.29, 0.717) is 32.5 Å². The maximum Gasteiger partial charge on any atom is 0.253 e. The second kappa shape index (κ2) is 9.10. The topological polar surface area (TPSA) is 62.3 Å². The summed E-state index contributed by atoms with van der Waals surface area (Å²) in [6.45, 7) is 5.69. The summed E-state index contributed by atoms with van der Waals surface area (Å²) in [6, 6.07) is 10.0. The molecule has 3 heterocycles. The number of hydrogen-bond donors (Lipinski definition) is 1. The molecule has 0 atom stereocenters.